The van der Waals surface area contributed by atoms with E-state index in [4.69, 9.17) is 4.74 Å². The molecule has 0 spiro atoms. The van der Waals surface area contributed by atoms with Crippen LogP contribution < -0.4 is 10.1 Å². The number of rotatable bonds is 4. The third kappa shape index (κ3) is 2.81. The molecular weight excluding hydrogens is 238 g/mol. The van der Waals surface area contributed by atoms with Crippen molar-refractivity contribution in [1.29, 1.82) is 0 Å². The zero-order valence-electron chi connectivity index (χ0n) is 11.5. The Kier molecular flexibility index (Phi) is 3.95. The highest BCUT2D eigenvalue weighted by Crippen LogP contribution is 2.29. The van der Waals surface area contributed by atoms with Crippen molar-refractivity contribution >= 4 is 5.69 Å². The van der Waals surface area contributed by atoms with Gasteiger partial charge in [-0.1, -0.05) is 24.3 Å². The van der Waals surface area contributed by atoms with Gasteiger partial charge >= 0.3 is 0 Å². The van der Waals surface area contributed by atoms with E-state index in [-0.39, 0.29) is 0 Å². The first-order chi connectivity index (χ1) is 9.13. The van der Waals surface area contributed by atoms with Crippen LogP contribution in [0.15, 0.2) is 36.4 Å². The molecule has 2 aromatic rings. The minimum atomic E-state index is 0.352. The maximum atomic E-state index is 9.92. The molecule has 0 unspecified atom stereocenters. The number of aryl methyl sites for hydroxylation is 1. The van der Waals surface area contributed by atoms with Gasteiger partial charge in [-0.05, 0) is 31.5 Å². The summed E-state index contributed by atoms with van der Waals surface area (Å²) in [7, 11) is 1.67. The SMILES string of the molecule is COc1ccccc1CNc1ccc(C)c(O)c1C. The number of para-hydroxylation sites is 1. The van der Waals surface area contributed by atoms with Crippen molar-refractivity contribution in [2.75, 3.05) is 12.4 Å². The van der Waals surface area contributed by atoms with Crippen molar-refractivity contribution in [3.05, 3.63) is 53.1 Å². The summed E-state index contributed by atoms with van der Waals surface area (Å²) in [5.41, 5.74) is 3.79. The second-order valence-corrected chi connectivity index (χ2v) is 4.57. The summed E-state index contributed by atoms with van der Waals surface area (Å²) in [6.07, 6.45) is 0. The molecule has 2 N–H and O–H groups in total. The molecule has 0 bridgehead atoms. The molecule has 0 aliphatic rings. The van der Waals surface area contributed by atoms with Gasteiger partial charge in [-0.25, -0.2) is 0 Å². The van der Waals surface area contributed by atoms with E-state index in [0.717, 1.165) is 28.1 Å². The lowest BCUT2D eigenvalue weighted by Gasteiger charge is -2.14. The van der Waals surface area contributed by atoms with E-state index >= 15 is 0 Å². The van der Waals surface area contributed by atoms with Gasteiger partial charge < -0.3 is 15.2 Å². The Labute approximate surface area is 113 Å². The third-order valence-corrected chi connectivity index (χ3v) is 3.29. The van der Waals surface area contributed by atoms with Gasteiger partial charge in [0.2, 0.25) is 0 Å². The zero-order valence-corrected chi connectivity index (χ0v) is 11.5. The van der Waals surface area contributed by atoms with Crippen LogP contribution in [0.1, 0.15) is 16.7 Å². The average molecular weight is 257 g/mol. The smallest absolute Gasteiger partial charge is 0.123 e. The van der Waals surface area contributed by atoms with Crippen molar-refractivity contribution in [3.63, 3.8) is 0 Å². The molecule has 0 aliphatic heterocycles. The Morgan fingerprint density at radius 3 is 2.58 bits per heavy atom. The number of anilines is 1. The molecule has 3 heteroatoms. The summed E-state index contributed by atoms with van der Waals surface area (Å²) >= 11 is 0. The number of benzene rings is 2. The Balaban J connectivity index is 2.17. The second kappa shape index (κ2) is 5.65. The van der Waals surface area contributed by atoms with Crippen molar-refractivity contribution in [2.45, 2.75) is 20.4 Å². The lowest BCUT2D eigenvalue weighted by atomic mass is 10.1. The normalized spacial score (nSPS) is 10.3. The maximum absolute atomic E-state index is 9.92. The van der Waals surface area contributed by atoms with Gasteiger partial charge in [0.25, 0.3) is 0 Å². The van der Waals surface area contributed by atoms with Crippen LogP contribution in [0, 0.1) is 13.8 Å². The van der Waals surface area contributed by atoms with Crippen LogP contribution in [0.3, 0.4) is 0 Å². The number of hydrogen-bond acceptors (Lipinski definition) is 3. The molecule has 0 heterocycles. The summed E-state index contributed by atoms with van der Waals surface area (Å²) in [6, 6.07) is 11.8. The molecule has 0 aliphatic carbocycles. The average Bonchev–Trinajstić information content (AvgIpc) is 2.44. The van der Waals surface area contributed by atoms with E-state index in [1.165, 1.54) is 0 Å². The van der Waals surface area contributed by atoms with Crippen LogP contribution >= 0.6 is 0 Å². The van der Waals surface area contributed by atoms with Crippen molar-refractivity contribution in [3.8, 4) is 11.5 Å². The van der Waals surface area contributed by atoms with E-state index in [1.54, 1.807) is 7.11 Å². The van der Waals surface area contributed by atoms with Crippen LogP contribution in [0.2, 0.25) is 0 Å². The van der Waals surface area contributed by atoms with Crippen LogP contribution in [0.25, 0.3) is 0 Å². The van der Waals surface area contributed by atoms with Crippen LogP contribution in [-0.2, 0) is 6.54 Å². The highest BCUT2D eigenvalue weighted by atomic mass is 16.5. The Hall–Kier alpha value is -2.16. The van der Waals surface area contributed by atoms with Gasteiger partial charge in [0.05, 0.1) is 7.11 Å². The standard InChI is InChI=1S/C16H19NO2/c1-11-8-9-14(12(2)16(11)18)17-10-13-6-4-5-7-15(13)19-3/h4-9,17-18H,10H2,1-3H3. The number of methoxy groups -OCH3 is 1. The molecule has 2 aromatic carbocycles. The van der Waals surface area contributed by atoms with Crippen molar-refractivity contribution in [1.82, 2.24) is 0 Å². The van der Waals surface area contributed by atoms with Crippen LogP contribution in [0.5, 0.6) is 11.5 Å². The predicted molar refractivity (Wildman–Crippen MR) is 77.9 cm³/mol. The van der Waals surface area contributed by atoms with Crippen LogP contribution in [-0.4, -0.2) is 12.2 Å². The largest absolute Gasteiger partial charge is 0.507 e. The van der Waals surface area contributed by atoms with Gasteiger partial charge in [-0.2, -0.15) is 0 Å². The van der Waals surface area contributed by atoms with E-state index in [2.05, 4.69) is 5.32 Å². The van der Waals surface area contributed by atoms with Crippen LogP contribution in [0.4, 0.5) is 5.69 Å². The molecule has 0 saturated heterocycles. The van der Waals surface area contributed by atoms with Gasteiger partial charge in [0.1, 0.15) is 11.5 Å². The highest BCUT2D eigenvalue weighted by molar-refractivity contribution is 5.59. The molecule has 0 fully saturated rings. The summed E-state index contributed by atoms with van der Waals surface area (Å²) in [6.45, 7) is 4.46. The van der Waals surface area contributed by atoms with Gasteiger partial charge in [0, 0.05) is 23.4 Å². The highest BCUT2D eigenvalue weighted by Gasteiger charge is 2.07. The molecule has 2 rings (SSSR count). The van der Waals surface area contributed by atoms with Gasteiger partial charge in [0.15, 0.2) is 0 Å². The molecule has 3 nitrogen and oxygen atoms in total. The fourth-order valence-corrected chi connectivity index (χ4v) is 2.07. The van der Waals surface area contributed by atoms with E-state index in [9.17, 15) is 5.11 Å². The summed E-state index contributed by atoms with van der Waals surface area (Å²) in [5.74, 6) is 1.22. The summed E-state index contributed by atoms with van der Waals surface area (Å²) in [5, 5.41) is 13.3. The molecule has 0 saturated carbocycles. The fourth-order valence-electron chi connectivity index (χ4n) is 2.07. The molecule has 100 valence electrons. The van der Waals surface area contributed by atoms with E-state index < -0.39 is 0 Å². The number of hydrogen-bond donors (Lipinski definition) is 2. The number of ether oxygens (including phenoxy) is 1. The first-order valence-electron chi connectivity index (χ1n) is 6.28. The molecule has 0 atom stereocenters. The second-order valence-electron chi connectivity index (χ2n) is 4.57. The van der Waals surface area contributed by atoms with E-state index in [0.29, 0.717) is 12.3 Å². The summed E-state index contributed by atoms with van der Waals surface area (Å²) < 4.78 is 5.32. The van der Waals surface area contributed by atoms with Crippen molar-refractivity contribution < 1.29 is 9.84 Å². The molecule has 0 aromatic heterocycles. The minimum Gasteiger partial charge on any atom is -0.507 e. The molecule has 19 heavy (non-hydrogen) atoms. The lowest BCUT2D eigenvalue weighted by molar-refractivity contribution is 0.410. The first kappa shape index (κ1) is 13.3. The van der Waals surface area contributed by atoms with Crippen molar-refractivity contribution in [2.24, 2.45) is 0 Å². The van der Waals surface area contributed by atoms with Gasteiger partial charge in [-0.3, -0.25) is 0 Å². The first-order valence-corrected chi connectivity index (χ1v) is 6.28. The zero-order chi connectivity index (χ0) is 13.8. The number of nitrogens with one attached hydrogen (secondary N) is 1. The van der Waals surface area contributed by atoms with Gasteiger partial charge in [-0.15, -0.1) is 0 Å². The fraction of sp³-hybridized carbons (Fsp3) is 0.250. The monoisotopic (exact) mass is 257 g/mol. The number of phenols is 1. The molecule has 0 amide bonds. The lowest BCUT2D eigenvalue weighted by Crippen LogP contribution is -2.03. The Morgan fingerprint density at radius 2 is 1.84 bits per heavy atom. The third-order valence-electron chi connectivity index (χ3n) is 3.29. The number of aromatic hydroxyl groups is 1. The topological polar surface area (TPSA) is 41.5 Å². The quantitative estimate of drug-likeness (QED) is 0.878. The Bertz CT molecular complexity index is 579. The summed E-state index contributed by atoms with van der Waals surface area (Å²) in [4.78, 5) is 0. The van der Waals surface area contributed by atoms with E-state index in [1.807, 2.05) is 50.2 Å². The minimum absolute atomic E-state index is 0.352. The predicted octanol–water partition coefficient (Wildman–Crippen LogP) is 3.63. The maximum Gasteiger partial charge on any atom is 0.123 e. The number of phenolic OH excluding ortho intramolecular Hbond substituents is 1. The Morgan fingerprint density at radius 1 is 1.11 bits per heavy atom. The molecule has 0 radical (unpaired) electrons. The molecular formula is C16H19NO2.